The lowest BCUT2D eigenvalue weighted by molar-refractivity contribution is 0.142. The van der Waals surface area contributed by atoms with Gasteiger partial charge in [0.05, 0.1) is 13.2 Å². The normalized spacial score (nSPS) is 21.2. The van der Waals surface area contributed by atoms with E-state index in [1.54, 1.807) is 7.11 Å². The van der Waals surface area contributed by atoms with Crippen molar-refractivity contribution in [3.8, 4) is 0 Å². The van der Waals surface area contributed by atoms with Crippen molar-refractivity contribution >= 4 is 5.84 Å². The second kappa shape index (κ2) is 5.98. The van der Waals surface area contributed by atoms with Crippen LogP contribution in [-0.2, 0) is 4.84 Å². The fourth-order valence-corrected chi connectivity index (χ4v) is 1.65. The molecular formula is C10H21N3O. The lowest BCUT2D eigenvalue weighted by Gasteiger charge is -2.27. The van der Waals surface area contributed by atoms with Gasteiger partial charge >= 0.3 is 0 Å². The third-order valence-electron chi connectivity index (χ3n) is 2.58. The van der Waals surface area contributed by atoms with Gasteiger partial charge in [-0.25, -0.2) is 0 Å². The van der Waals surface area contributed by atoms with E-state index in [-0.39, 0.29) is 0 Å². The first-order chi connectivity index (χ1) is 6.76. The Morgan fingerprint density at radius 2 is 2.14 bits per heavy atom. The monoisotopic (exact) mass is 199 g/mol. The standard InChI is InChI=1S/C10H21N3O/c1-4-10(12-14-3)11-9-5-7-13(2)8-6-9/h9H,4-8H2,1-3H3,(H,11,12). The van der Waals surface area contributed by atoms with Gasteiger partial charge in [-0.2, -0.15) is 0 Å². The predicted octanol–water partition coefficient (Wildman–Crippen LogP) is 1.04. The molecule has 0 aromatic heterocycles. The molecule has 1 aliphatic rings. The van der Waals surface area contributed by atoms with Crippen molar-refractivity contribution in [1.29, 1.82) is 0 Å². The molecule has 4 nitrogen and oxygen atoms in total. The minimum atomic E-state index is 0.476. The maximum atomic E-state index is 4.87. The summed E-state index contributed by atoms with van der Waals surface area (Å²) >= 11 is 0. The first kappa shape index (κ1) is 11.5. The molecule has 0 saturated carbocycles. The van der Waals surface area contributed by atoms with Crippen LogP contribution >= 0.6 is 0 Å². The molecule has 0 aromatic rings. The zero-order valence-electron chi connectivity index (χ0n) is 9.42. The summed E-state index contributed by atoms with van der Waals surface area (Å²) in [5, 5.41) is 0. The fourth-order valence-electron chi connectivity index (χ4n) is 1.65. The SMILES string of the molecule is CCC(=NC1CCN(C)CC1)NOC. The van der Waals surface area contributed by atoms with E-state index in [2.05, 4.69) is 29.3 Å². The second-order valence-corrected chi connectivity index (χ2v) is 3.77. The fraction of sp³-hybridized carbons (Fsp3) is 0.900. The number of hydroxylamine groups is 1. The third-order valence-corrected chi connectivity index (χ3v) is 2.58. The van der Waals surface area contributed by atoms with Crippen LogP contribution in [0.5, 0.6) is 0 Å². The first-order valence-electron chi connectivity index (χ1n) is 5.30. The molecule has 0 radical (unpaired) electrons. The third kappa shape index (κ3) is 3.64. The number of amidine groups is 1. The Hall–Kier alpha value is -0.610. The van der Waals surface area contributed by atoms with Crippen LogP contribution in [0.4, 0.5) is 0 Å². The largest absolute Gasteiger partial charge is 0.306 e. The van der Waals surface area contributed by atoms with Crippen LogP contribution in [0.2, 0.25) is 0 Å². The van der Waals surface area contributed by atoms with Gasteiger partial charge in [-0.3, -0.25) is 15.3 Å². The minimum absolute atomic E-state index is 0.476. The molecule has 1 heterocycles. The molecule has 0 spiro atoms. The van der Waals surface area contributed by atoms with Gasteiger partial charge in [0.1, 0.15) is 5.84 Å². The van der Waals surface area contributed by atoms with Gasteiger partial charge in [0.15, 0.2) is 0 Å². The molecule has 82 valence electrons. The Kier molecular flexibility index (Phi) is 4.90. The lowest BCUT2D eigenvalue weighted by atomic mass is 10.1. The summed E-state index contributed by atoms with van der Waals surface area (Å²) in [6.07, 6.45) is 3.22. The summed E-state index contributed by atoms with van der Waals surface area (Å²) in [6, 6.07) is 0.476. The van der Waals surface area contributed by atoms with Crippen LogP contribution in [0.1, 0.15) is 26.2 Å². The van der Waals surface area contributed by atoms with Gasteiger partial charge in [0.2, 0.25) is 0 Å². The Morgan fingerprint density at radius 1 is 1.50 bits per heavy atom. The molecule has 1 N–H and O–H groups in total. The molecule has 1 saturated heterocycles. The molecule has 0 bridgehead atoms. The number of hydrogen-bond donors (Lipinski definition) is 1. The predicted molar refractivity (Wildman–Crippen MR) is 58.4 cm³/mol. The van der Waals surface area contributed by atoms with Gasteiger partial charge in [-0.05, 0) is 33.0 Å². The van der Waals surface area contributed by atoms with E-state index >= 15 is 0 Å². The topological polar surface area (TPSA) is 36.9 Å². The number of nitrogens with one attached hydrogen (secondary N) is 1. The van der Waals surface area contributed by atoms with Crippen molar-refractivity contribution in [3.63, 3.8) is 0 Å². The van der Waals surface area contributed by atoms with Crippen LogP contribution in [0.25, 0.3) is 0 Å². The van der Waals surface area contributed by atoms with Crippen LogP contribution < -0.4 is 5.48 Å². The summed E-state index contributed by atoms with van der Waals surface area (Å²) in [5.74, 6) is 0.960. The minimum Gasteiger partial charge on any atom is -0.306 e. The van der Waals surface area contributed by atoms with Crippen molar-refractivity contribution in [1.82, 2.24) is 10.4 Å². The highest BCUT2D eigenvalue weighted by atomic mass is 16.6. The highest BCUT2D eigenvalue weighted by Gasteiger charge is 2.15. The first-order valence-corrected chi connectivity index (χ1v) is 5.30. The lowest BCUT2D eigenvalue weighted by Crippen LogP contribution is -2.33. The smallest absolute Gasteiger partial charge is 0.120 e. The average Bonchev–Trinajstić information content (AvgIpc) is 2.20. The van der Waals surface area contributed by atoms with Gasteiger partial charge in [0.25, 0.3) is 0 Å². The molecule has 14 heavy (non-hydrogen) atoms. The molecule has 1 rings (SSSR count). The van der Waals surface area contributed by atoms with Crippen LogP contribution in [0.15, 0.2) is 4.99 Å². The Bertz CT molecular complexity index is 186. The molecule has 0 unspecified atom stereocenters. The van der Waals surface area contributed by atoms with Gasteiger partial charge in [-0.15, -0.1) is 0 Å². The van der Waals surface area contributed by atoms with E-state index in [1.807, 2.05) is 0 Å². The van der Waals surface area contributed by atoms with Crippen molar-refractivity contribution in [2.75, 3.05) is 27.2 Å². The number of aliphatic imine (C=N–C) groups is 1. The highest BCUT2D eigenvalue weighted by Crippen LogP contribution is 2.12. The molecular weight excluding hydrogens is 178 g/mol. The maximum Gasteiger partial charge on any atom is 0.120 e. The Morgan fingerprint density at radius 3 is 2.64 bits per heavy atom. The van der Waals surface area contributed by atoms with Crippen LogP contribution in [-0.4, -0.2) is 44.0 Å². The van der Waals surface area contributed by atoms with E-state index in [9.17, 15) is 0 Å². The quantitative estimate of drug-likeness (QED) is 0.419. The average molecular weight is 199 g/mol. The zero-order valence-corrected chi connectivity index (χ0v) is 9.42. The molecule has 0 aliphatic carbocycles. The van der Waals surface area contributed by atoms with Gasteiger partial charge < -0.3 is 4.90 Å². The van der Waals surface area contributed by atoms with E-state index in [1.165, 1.54) is 0 Å². The Labute approximate surface area is 86.3 Å². The summed E-state index contributed by atoms with van der Waals surface area (Å²) in [7, 11) is 3.79. The summed E-state index contributed by atoms with van der Waals surface area (Å²) in [4.78, 5) is 11.8. The van der Waals surface area contributed by atoms with E-state index in [4.69, 9.17) is 4.84 Å². The molecule has 0 atom stereocenters. The number of piperidine rings is 1. The molecule has 1 aliphatic heterocycles. The van der Waals surface area contributed by atoms with Crippen molar-refractivity contribution < 1.29 is 4.84 Å². The van der Waals surface area contributed by atoms with Crippen molar-refractivity contribution in [2.24, 2.45) is 4.99 Å². The summed E-state index contributed by atoms with van der Waals surface area (Å²) in [6.45, 7) is 4.39. The molecule has 1 fully saturated rings. The number of rotatable bonds is 3. The summed E-state index contributed by atoms with van der Waals surface area (Å²) in [5.41, 5.74) is 2.83. The second-order valence-electron chi connectivity index (χ2n) is 3.77. The van der Waals surface area contributed by atoms with E-state index < -0.39 is 0 Å². The van der Waals surface area contributed by atoms with E-state index in [0.29, 0.717) is 6.04 Å². The summed E-state index contributed by atoms with van der Waals surface area (Å²) < 4.78 is 0. The van der Waals surface area contributed by atoms with Gasteiger partial charge in [0, 0.05) is 6.42 Å². The number of hydrogen-bond acceptors (Lipinski definition) is 3. The maximum absolute atomic E-state index is 4.87. The molecule has 0 amide bonds. The number of likely N-dealkylation sites (tertiary alicyclic amines) is 1. The van der Waals surface area contributed by atoms with Crippen LogP contribution in [0.3, 0.4) is 0 Å². The molecule has 0 aromatic carbocycles. The van der Waals surface area contributed by atoms with Gasteiger partial charge in [-0.1, -0.05) is 6.92 Å². The van der Waals surface area contributed by atoms with Crippen molar-refractivity contribution in [2.45, 2.75) is 32.2 Å². The molecule has 4 heteroatoms. The van der Waals surface area contributed by atoms with E-state index in [0.717, 1.165) is 38.2 Å². The zero-order chi connectivity index (χ0) is 10.4. The highest BCUT2D eigenvalue weighted by molar-refractivity contribution is 5.81. The van der Waals surface area contributed by atoms with Crippen LogP contribution in [0, 0.1) is 0 Å². The number of nitrogens with zero attached hydrogens (tertiary/aromatic N) is 2. The van der Waals surface area contributed by atoms with Crippen molar-refractivity contribution in [3.05, 3.63) is 0 Å². The Balaban J connectivity index is 2.40.